The summed E-state index contributed by atoms with van der Waals surface area (Å²) in [4.78, 5) is 23.9. The Morgan fingerprint density at radius 3 is 2.70 bits per heavy atom. The number of phenolic OH excluding ortho intramolecular Hbond substituents is 1. The van der Waals surface area contributed by atoms with Crippen molar-refractivity contribution in [2.24, 2.45) is 5.73 Å². The van der Waals surface area contributed by atoms with Crippen LogP contribution in [-0.4, -0.2) is 57.3 Å². The maximum atomic E-state index is 11.3. The average molecular weight is 366 g/mol. The zero-order valence-corrected chi connectivity index (χ0v) is 14.4. The van der Waals surface area contributed by atoms with Crippen molar-refractivity contribution in [3.63, 3.8) is 0 Å². The zero-order chi connectivity index (χ0) is 18.8. The third kappa shape index (κ3) is 3.39. The molecule has 1 saturated heterocycles. The quantitative estimate of drug-likeness (QED) is 0.723. The number of benzene rings is 1. The number of piperazine rings is 1. The van der Waals surface area contributed by atoms with Gasteiger partial charge in [-0.25, -0.2) is 9.78 Å². The smallest absolute Gasteiger partial charge is 0.314 e. The van der Waals surface area contributed by atoms with E-state index >= 15 is 0 Å². The first-order valence-electron chi connectivity index (χ1n) is 8.49. The lowest BCUT2D eigenvalue weighted by Crippen LogP contribution is -2.50. The summed E-state index contributed by atoms with van der Waals surface area (Å²) in [6.07, 6.45) is 1.70. The van der Waals surface area contributed by atoms with Gasteiger partial charge in [0.05, 0.1) is 5.56 Å². The molecule has 27 heavy (non-hydrogen) atoms. The number of urea groups is 1. The van der Waals surface area contributed by atoms with Gasteiger partial charge in [-0.15, -0.1) is 0 Å². The lowest BCUT2D eigenvalue weighted by atomic mass is 10.2. The molecule has 0 spiro atoms. The highest BCUT2D eigenvalue weighted by molar-refractivity contribution is 5.74. The Kier molecular flexibility index (Phi) is 4.33. The number of nitrogens with two attached hydrogens (primary N) is 1. The Hall–Kier alpha value is -3.62. The molecule has 3 aromatic rings. The monoisotopic (exact) mass is 366 g/mol. The summed E-state index contributed by atoms with van der Waals surface area (Å²) in [6.45, 7) is 2.29. The van der Waals surface area contributed by atoms with Crippen LogP contribution in [0.5, 0.6) is 5.75 Å². The molecular weight excluding hydrogens is 348 g/mol. The largest absolute Gasteiger partial charge is 0.508 e. The fourth-order valence-electron chi connectivity index (χ4n) is 3.05. The molecule has 0 bridgehead atoms. The number of pyridine rings is 1. The average Bonchev–Trinajstić information content (AvgIpc) is 3.18. The molecule has 9 nitrogen and oxygen atoms in total. The fraction of sp³-hybridized carbons (Fsp3) is 0.222. The molecule has 0 radical (unpaired) electrons. The third-order valence-electron chi connectivity index (χ3n) is 4.44. The van der Waals surface area contributed by atoms with Crippen molar-refractivity contribution in [1.29, 1.82) is 0 Å². The lowest BCUT2D eigenvalue weighted by Gasteiger charge is -2.34. The van der Waals surface area contributed by atoms with Crippen LogP contribution in [0.3, 0.4) is 0 Å². The molecule has 1 fully saturated rings. The first-order valence-corrected chi connectivity index (χ1v) is 8.49. The molecule has 3 N–H and O–H groups in total. The molecule has 2 aromatic heterocycles. The van der Waals surface area contributed by atoms with E-state index in [1.165, 1.54) is 0 Å². The van der Waals surface area contributed by atoms with E-state index in [4.69, 9.17) is 10.3 Å². The summed E-state index contributed by atoms with van der Waals surface area (Å²) < 4.78 is 5.44. The molecule has 1 aliphatic heterocycles. The fourth-order valence-corrected chi connectivity index (χ4v) is 3.05. The van der Waals surface area contributed by atoms with Gasteiger partial charge in [0.2, 0.25) is 5.82 Å². The van der Waals surface area contributed by atoms with E-state index in [0.717, 1.165) is 0 Å². The van der Waals surface area contributed by atoms with E-state index in [2.05, 4.69) is 20.0 Å². The number of aromatic nitrogens is 3. The first kappa shape index (κ1) is 16.8. The second-order valence-electron chi connectivity index (χ2n) is 6.16. The van der Waals surface area contributed by atoms with Gasteiger partial charge in [0.1, 0.15) is 11.6 Å². The number of carbonyl (C=O) groups excluding carboxylic acids is 1. The second kappa shape index (κ2) is 6.94. The van der Waals surface area contributed by atoms with E-state index in [1.54, 1.807) is 41.4 Å². The Balaban J connectivity index is 1.62. The van der Waals surface area contributed by atoms with Gasteiger partial charge in [0, 0.05) is 37.9 Å². The summed E-state index contributed by atoms with van der Waals surface area (Å²) >= 11 is 0. The predicted molar refractivity (Wildman–Crippen MR) is 98.0 cm³/mol. The Morgan fingerprint density at radius 1 is 1.15 bits per heavy atom. The maximum absolute atomic E-state index is 11.3. The summed E-state index contributed by atoms with van der Waals surface area (Å²) in [5.41, 5.74) is 6.71. The molecule has 9 heteroatoms. The number of nitrogens with zero attached hydrogens (tertiary/aromatic N) is 5. The maximum Gasteiger partial charge on any atom is 0.314 e. The van der Waals surface area contributed by atoms with Gasteiger partial charge in [0.25, 0.3) is 5.89 Å². The van der Waals surface area contributed by atoms with Crippen LogP contribution in [0.25, 0.3) is 22.8 Å². The third-order valence-corrected chi connectivity index (χ3v) is 4.44. The number of carbonyl (C=O) groups is 1. The highest BCUT2D eigenvalue weighted by Crippen LogP contribution is 2.30. The van der Waals surface area contributed by atoms with Gasteiger partial charge in [-0.1, -0.05) is 17.3 Å². The van der Waals surface area contributed by atoms with Crippen LogP contribution in [0.4, 0.5) is 10.6 Å². The molecule has 1 aromatic carbocycles. The topological polar surface area (TPSA) is 122 Å². The van der Waals surface area contributed by atoms with Crippen LogP contribution in [0.2, 0.25) is 0 Å². The minimum Gasteiger partial charge on any atom is -0.508 e. The molecule has 0 aliphatic carbocycles. The van der Waals surface area contributed by atoms with Crippen molar-refractivity contribution >= 4 is 11.8 Å². The number of anilines is 1. The van der Waals surface area contributed by atoms with Crippen LogP contribution >= 0.6 is 0 Å². The van der Waals surface area contributed by atoms with Crippen molar-refractivity contribution in [2.75, 3.05) is 31.1 Å². The Bertz CT molecular complexity index is 965. The van der Waals surface area contributed by atoms with Crippen molar-refractivity contribution in [1.82, 2.24) is 20.0 Å². The van der Waals surface area contributed by atoms with Gasteiger partial charge in [-0.3, -0.25) is 0 Å². The molecule has 4 rings (SSSR count). The molecule has 3 heterocycles. The van der Waals surface area contributed by atoms with Gasteiger partial charge >= 0.3 is 6.03 Å². The minimum absolute atomic E-state index is 0.133. The highest BCUT2D eigenvalue weighted by Gasteiger charge is 2.24. The first-order chi connectivity index (χ1) is 13.1. The van der Waals surface area contributed by atoms with Crippen LogP contribution < -0.4 is 10.6 Å². The predicted octanol–water partition coefficient (Wildman–Crippen LogP) is 1.70. The molecule has 138 valence electrons. The van der Waals surface area contributed by atoms with Gasteiger partial charge in [-0.2, -0.15) is 4.98 Å². The number of hydrogen-bond donors (Lipinski definition) is 2. The highest BCUT2D eigenvalue weighted by atomic mass is 16.5. The summed E-state index contributed by atoms with van der Waals surface area (Å²) in [6, 6.07) is 9.91. The SMILES string of the molecule is NC(=O)N1CCN(c2ncccc2-c2nc(-c3cccc(O)c3)no2)CC1. The van der Waals surface area contributed by atoms with E-state index < -0.39 is 6.03 Å². The number of rotatable bonds is 3. The standard InChI is InChI=1S/C18H18N6O3/c19-18(26)24-9-7-23(8-10-24)16-14(5-2-6-20-16)17-21-15(22-27-17)12-3-1-4-13(25)11-12/h1-6,11,25H,7-10H2,(H2,19,26). The normalized spacial score (nSPS) is 14.4. The van der Waals surface area contributed by atoms with Crippen molar-refractivity contribution in [3.8, 4) is 28.6 Å². The molecular formula is C18H18N6O3. The summed E-state index contributed by atoms with van der Waals surface area (Å²) in [7, 11) is 0. The Labute approximate surface area is 155 Å². The van der Waals surface area contributed by atoms with E-state index in [-0.39, 0.29) is 5.75 Å². The number of phenols is 1. The lowest BCUT2D eigenvalue weighted by molar-refractivity contribution is 0.204. The molecule has 1 aliphatic rings. The molecule has 0 unspecified atom stereocenters. The Morgan fingerprint density at radius 2 is 1.96 bits per heavy atom. The summed E-state index contributed by atoms with van der Waals surface area (Å²) in [5, 5.41) is 13.6. The molecule has 2 amide bonds. The second-order valence-corrected chi connectivity index (χ2v) is 6.16. The van der Waals surface area contributed by atoms with Crippen LogP contribution in [0.15, 0.2) is 47.1 Å². The molecule has 0 atom stereocenters. The van der Waals surface area contributed by atoms with Crippen molar-refractivity contribution in [3.05, 3.63) is 42.6 Å². The van der Waals surface area contributed by atoms with E-state index in [1.807, 2.05) is 6.07 Å². The van der Waals surface area contributed by atoms with Gasteiger partial charge in [-0.05, 0) is 24.3 Å². The van der Waals surface area contributed by atoms with Gasteiger partial charge in [0.15, 0.2) is 0 Å². The minimum atomic E-state index is -0.413. The van der Waals surface area contributed by atoms with Gasteiger partial charge < -0.3 is 25.2 Å². The number of hydrogen-bond acceptors (Lipinski definition) is 7. The zero-order valence-electron chi connectivity index (χ0n) is 14.4. The van der Waals surface area contributed by atoms with Crippen LogP contribution in [-0.2, 0) is 0 Å². The number of amides is 2. The van der Waals surface area contributed by atoms with E-state index in [9.17, 15) is 9.90 Å². The summed E-state index contributed by atoms with van der Waals surface area (Å²) in [5.74, 6) is 1.57. The van der Waals surface area contributed by atoms with Crippen LogP contribution in [0, 0.1) is 0 Å². The van der Waals surface area contributed by atoms with Crippen LogP contribution in [0.1, 0.15) is 0 Å². The van der Waals surface area contributed by atoms with Crippen molar-refractivity contribution in [2.45, 2.75) is 0 Å². The van der Waals surface area contributed by atoms with Crippen molar-refractivity contribution < 1.29 is 14.4 Å². The van der Waals surface area contributed by atoms with E-state index in [0.29, 0.717) is 54.8 Å². The number of aromatic hydroxyl groups is 1. The number of primary amides is 1. The molecule has 0 saturated carbocycles.